The Balaban J connectivity index is 2.07. The largest absolute Gasteiger partial charge is 0.377 e. The summed E-state index contributed by atoms with van der Waals surface area (Å²) in [6.45, 7) is 4.86. The van der Waals surface area contributed by atoms with Crippen LogP contribution in [0.4, 0.5) is 8.78 Å². The molecule has 94 valence electrons. The molecule has 0 aliphatic carbocycles. The number of rotatable bonds is 3. The van der Waals surface area contributed by atoms with Crippen LogP contribution in [0.25, 0.3) is 0 Å². The zero-order valence-electron chi connectivity index (χ0n) is 10.1. The molecule has 0 bridgehead atoms. The minimum absolute atomic E-state index is 0.0531. The van der Waals surface area contributed by atoms with Crippen LogP contribution < -0.4 is 5.32 Å². The highest BCUT2D eigenvalue weighted by Crippen LogP contribution is 2.26. The maximum atomic E-state index is 13.4. The van der Waals surface area contributed by atoms with E-state index in [1.807, 2.05) is 13.8 Å². The summed E-state index contributed by atoms with van der Waals surface area (Å²) in [7, 11) is 0. The van der Waals surface area contributed by atoms with Crippen LogP contribution in [0.5, 0.6) is 0 Å². The summed E-state index contributed by atoms with van der Waals surface area (Å²) in [5.41, 5.74) is -0.123. The summed E-state index contributed by atoms with van der Waals surface area (Å²) in [6, 6.07) is 3.92. The van der Waals surface area contributed by atoms with Crippen LogP contribution in [-0.2, 0) is 11.3 Å². The smallest absolute Gasteiger partial charge is 0.130 e. The zero-order valence-corrected chi connectivity index (χ0v) is 10.1. The molecular weight excluding hydrogens is 224 g/mol. The minimum Gasteiger partial charge on any atom is -0.377 e. The topological polar surface area (TPSA) is 21.3 Å². The summed E-state index contributed by atoms with van der Waals surface area (Å²) in [4.78, 5) is 0. The van der Waals surface area contributed by atoms with Gasteiger partial charge in [-0.05, 0) is 32.4 Å². The number of benzene rings is 1. The van der Waals surface area contributed by atoms with Gasteiger partial charge in [-0.15, -0.1) is 0 Å². The van der Waals surface area contributed by atoms with E-state index in [1.54, 1.807) is 0 Å². The zero-order chi connectivity index (χ0) is 12.5. The van der Waals surface area contributed by atoms with Gasteiger partial charge in [-0.2, -0.15) is 0 Å². The molecule has 0 radical (unpaired) electrons. The monoisotopic (exact) mass is 241 g/mol. The van der Waals surface area contributed by atoms with E-state index in [2.05, 4.69) is 5.32 Å². The van der Waals surface area contributed by atoms with Crippen molar-refractivity contribution in [2.45, 2.75) is 38.5 Å². The minimum atomic E-state index is -0.507. The Kier molecular flexibility index (Phi) is 3.45. The van der Waals surface area contributed by atoms with Crippen molar-refractivity contribution in [3.05, 3.63) is 35.4 Å². The first-order chi connectivity index (χ1) is 8.03. The molecule has 1 fully saturated rings. The highest BCUT2D eigenvalue weighted by atomic mass is 19.1. The summed E-state index contributed by atoms with van der Waals surface area (Å²) < 4.78 is 32.3. The molecule has 0 saturated carbocycles. The predicted molar refractivity (Wildman–Crippen MR) is 61.6 cm³/mol. The van der Waals surface area contributed by atoms with E-state index in [0.717, 1.165) is 6.42 Å². The standard InChI is InChI=1S/C13H17F2NO/c1-9-13(2,6-7-17-9)16-8-10-11(14)4-3-5-12(10)15/h3-5,9,16H,6-8H2,1-2H3. The van der Waals surface area contributed by atoms with Crippen molar-refractivity contribution in [2.24, 2.45) is 0 Å². The number of nitrogens with one attached hydrogen (secondary N) is 1. The first-order valence-electron chi connectivity index (χ1n) is 5.82. The van der Waals surface area contributed by atoms with E-state index in [9.17, 15) is 8.78 Å². The lowest BCUT2D eigenvalue weighted by molar-refractivity contribution is 0.0879. The van der Waals surface area contributed by atoms with Gasteiger partial charge in [-0.3, -0.25) is 0 Å². The van der Waals surface area contributed by atoms with Crippen LogP contribution in [0.1, 0.15) is 25.8 Å². The first-order valence-corrected chi connectivity index (χ1v) is 5.82. The third kappa shape index (κ3) is 2.48. The van der Waals surface area contributed by atoms with Crippen molar-refractivity contribution in [3.8, 4) is 0 Å². The maximum absolute atomic E-state index is 13.4. The maximum Gasteiger partial charge on any atom is 0.130 e. The number of hydrogen-bond acceptors (Lipinski definition) is 2. The second-order valence-corrected chi connectivity index (χ2v) is 4.73. The number of ether oxygens (including phenoxy) is 1. The van der Waals surface area contributed by atoms with Crippen molar-refractivity contribution in [3.63, 3.8) is 0 Å². The van der Waals surface area contributed by atoms with Crippen LogP contribution in [0.15, 0.2) is 18.2 Å². The predicted octanol–water partition coefficient (Wildman–Crippen LogP) is 2.62. The Hall–Kier alpha value is -1.00. The lowest BCUT2D eigenvalue weighted by Gasteiger charge is -2.29. The van der Waals surface area contributed by atoms with Gasteiger partial charge in [-0.25, -0.2) is 8.78 Å². The van der Waals surface area contributed by atoms with Gasteiger partial charge in [0.2, 0.25) is 0 Å². The number of hydrogen-bond donors (Lipinski definition) is 1. The molecule has 1 aromatic rings. The van der Waals surface area contributed by atoms with E-state index in [-0.39, 0.29) is 23.8 Å². The molecule has 2 rings (SSSR count). The highest BCUT2D eigenvalue weighted by molar-refractivity contribution is 5.20. The van der Waals surface area contributed by atoms with Crippen LogP contribution >= 0.6 is 0 Å². The fraction of sp³-hybridized carbons (Fsp3) is 0.538. The Morgan fingerprint density at radius 2 is 2.06 bits per heavy atom. The Morgan fingerprint density at radius 3 is 2.59 bits per heavy atom. The Morgan fingerprint density at radius 1 is 1.41 bits per heavy atom. The van der Waals surface area contributed by atoms with Gasteiger partial charge in [-0.1, -0.05) is 6.07 Å². The summed E-state index contributed by atoms with van der Waals surface area (Å²) in [5.74, 6) is -1.01. The van der Waals surface area contributed by atoms with Crippen LogP contribution in [0.2, 0.25) is 0 Å². The van der Waals surface area contributed by atoms with Crippen molar-refractivity contribution in [2.75, 3.05) is 6.61 Å². The van der Waals surface area contributed by atoms with Crippen LogP contribution in [-0.4, -0.2) is 18.2 Å². The van der Waals surface area contributed by atoms with E-state index in [0.29, 0.717) is 6.61 Å². The molecule has 0 amide bonds. The van der Waals surface area contributed by atoms with E-state index < -0.39 is 11.6 Å². The molecule has 17 heavy (non-hydrogen) atoms. The molecule has 0 aromatic heterocycles. The Labute approximate surface area is 100.0 Å². The van der Waals surface area contributed by atoms with Gasteiger partial charge in [0.15, 0.2) is 0 Å². The third-order valence-electron chi connectivity index (χ3n) is 3.62. The quantitative estimate of drug-likeness (QED) is 0.878. The second kappa shape index (κ2) is 4.70. The molecule has 1 aliphatic rings. The molecule has 0 spiro atoms. The van der Waals surface area contributed by atoms with Crippen molar-refractivity contribution < 1.29 is 13.5 Å². The molecule has 4 heteroatoms. The van der Waals surface area contributed by atoms with Gasteiger partial charge in [0.1, 0.15) is 11.6 Å². The van der Waals surface area contributed by atoms with E-state index in [1.165, 1.54) is 18.2 Å². The van der Waals surface area contributed by atoms with E-state index in [4.69, 9.17) is 4.74 Å². The molecule has 1 saturated heterocycles. The third-order valence-corrected chi connectivity index (χ3v) is 3.62. The van der Waals surface area contributed by atoms with Crippen molar-refractivity contribution in [1.29, 1.82) is 0 Å². The summed E-state index contributed by atoms with van der Waals surface area (Å²) in [5, 5.41) is 3.20. The summed E-state index contributed by atoms with van der Waals surface area (Å²) >= 11 is 0. The van der Waals surface area contributed by atoms with Crippen LogP contribution in [0, 0.1) is 11.6 Å². The normalized spacial score (nSPS) is 28.6. The van der Waals surface area contributed by atoms with Gasteiger partial charge in [0, 0.05) is 24.3 Å². The average Bonchev–Trinajstić information content (AvgIpc) is 2.59. The molecule has 1 aromatic carbocycles. The SMILES string of the molecule is CC1OCCC1(C)NCc1c(F)cccc1F. The van der Waals surface area contributed by atoms with E-state index >= 15 is 0 Å². The summed E-state index contributed by atoms with van der Waals surface area (Å²) in [6.07, 6.45) is 0.905. The van der Waals surface area contributed by atoms with Gasteiger partial charge < -0.3 is 10.1 Å². The van der Waals surface area contributed by atoms with Crippen molar-refractivity contribution in [1.82, 2.24) is 5.32 Å². The number of halogens is 2. The first kappa shape index (κ1) is 12.5. The van der Waals surface area contributed by atoms with Crippen molar-refractivity contribution >= 4 is 0 Å². The highest BCUT2D eigenvalue weighted by Gasteiger charge is 2.36. The second-order valence-electron chi connectivity index (χ2n) is 4.73. The molecule has 1 N–H and O–H groups in total. The molecule has 2 nitrogen and oxygen atoms in total. The lowest BCUT2D eigenvalue weighted by Crippen LogP contribution is -2.47. The van der Waals surface area contributed by atoms with Gasteiger partial charge in [0.05, 0.1) is 6.10 Å². The lowest BCUT2D eigenvalue weighted by atomic mass is 9.94. The fourth-order valence-corrected chi connectivity index (χ4v) is 2.06. The fourth-order valence-electron chi connectivity index (χ4n) is 2.06. The average molecular weight is 241 g/mol. The molecule has 2 unspecified atom stereocenters. The molecule has 1 aliphatic heterocycles. The van der Waals surface area contributed by atoms with Gasteiger partial charge >= 0.3 is 0 Å². The molecular formula is C13H17F2NO. The van der Waals surface area contributed by atoms with Crippen LogP contribution in [0.3, 0.4) is 0 Å². The molecule has 1 heterocycles. The Bertz CT molecular complexity index is 390. The molecule has 2 atom stereocenters. The van der Waals surface area contributed by atoms with Gasteiger partial charge in [0.25, 0.3) is 0 Å².